The normalized spacial score (nSPS) is 12.2. The molecule has 2 aromatic heterocycles. The molecule has 0 aliphatic rings. The Morgan fingerprint density at radius 3 is 2.65 bits per heavy atom. The predicted octanol–water partition coefficient (Wildman–Crippen LogP) is 3.00. The largest absolute Gasteiger partial charge is 0.351 e. The summed E-state index contributed by atoms with van der Waals surface area (Å²) in [5, 5.41) is 3.47. The molecular formula is C13H18ClN5S. The second-order valence-electron chi connectivity index (χ2n) is 4.88. The molecule has 20 heavy (non-hydrogen) atoms. The number of nitrogens with one attached hydrogen (secondary N) is 1. The summed E-state index contributed by atoms with van der Waals surface area (Å²) in [6, 6.07) is 4.52. The first-order chi connectivity index (χ1) is 9.44. The van der Waals surface area contributed by atoms with Crippen molar-refractivity contribution in [2.45, 2.75) is 26.3 Å². The smallest absolute Gasteiger partial charge is 0.230 e. The van der Waals surface area contributed by atoms with E-state index in [4.69, 9.17) is 11.6 Å². The van der Waals surface area contributed by atoms with E-state index in [1.165, 1.54) is 9.75 Å². The lowest BCUT2D eigenvalue weighted by atomic mass is 10.2. The lowest BCUT2D eigenvalue weighted by molar-refractivity contribution is 0.781. The van der Waals surface area contributed by atoms with Gasteiger partial charge in [0, 0.05) is 36.3 Å². The fourth-order valence-corrected chi connectivity index (χ4v) is 2.95. The van der Waals surface area contributed by atoms with Gasteiger partial charge in [-0.1, -0.05) is 0 Å². The average Bonchev–Trinajstić information content (AvgIpc) is 2.73. The van der Waals surface area contributed by atoms with Crippen LogP contribution in [0.15, 0.2) is 12.1 Å². The Morgan fingerprint density at radius 1 is 1.30 bits per heavy atom. The van der Waals surface area contributed by atoms with Crippen LogP contribution in [0.2, 0.25) is 5.28 Å². The third kappa shape index (κ3) is 4.05. The molecule has 1 unspecified atom stereocenters. The van der Waals surface area contributed by atoms with Crippen molar-refractivity contribution in [2.75, 3.05) is 24.3 Å². The quantitative estimate of drug-likeness (QED) is 0.920. The lowest BCUT2D eigenvalue weighted by Crippen LogP contribution is -2.21. The molecule has 2 aromatic rings. The SMILES string of the molecule is Cc1ccc(CC(C)Nc2nc(Cl)nc(N(C)C)n2)s1. The maximum absolute atomic E-state index is 5.91. The van der Waals surface area contributed by atoms with E-state index >= 15 is 0 Å². The first-order valence-corrected chi connectivity index (χ1v) is 7.54. The minimum Gasteiger partial charge on any atom is -0.351 e. The molecule has 108 valence electrons. The topological polar surface area (TPSA) is 53.9 Å². The van der Waals surface area contributed by atoms with E-state index in [9.17, 15) is 0 Å². The van der Waals surface area contributed by atoms with Gasteiger partial charge in [0.05, 0.1) is 0 Å². The minimum atomic E-state index is 0.199. The van der Waals surface area contributed by atoms with E-state index in [0.29, 0.717) is 11.9 Å². The van der Waals surface area contributed by atoms with Crippen LogP contribution in [0.4, 0.5) is 11.9 Å². The molecule has 0 spiro atoms. The summed E-state index contributed by atoms with van der Waals surface area (Å²) in [6.45, 7) is 4.21. The molecule has 0 aliphatic carbocycles. The van der Waals surface area contributed by atoms with Crippen LogP contribution in [0.5, 0.6) is 0 Å². The number of aryl methyl sites for hydroxylation is 1. The van der Waals surface area contributed by atoms with Gasteiger partial charge in [0.1, 0.15) is 0 Å². The maximum Gasteiger partial charge on any atom is 0.230 e. The number of nitrogens with zero attached hydrogens (tertiary/aromatic N) is 4. The van der Waals surface area contributed by atoms with Crippen LogP contribution in [0.3, 0.4) is 0 Å². The van der Waals surface area contributed by atoms with Crippen LogP contribution in [-0.4, -0.2) is 35.1 Å². The van der Waals surface area contributed by atoms with Gasteiger partial charge in [-0.3, -0.25) is 0 Å². The Morgan fingerprint density at radius 2 is 2.05 bits per heavy atom. The number of halogens is 1. The van der Waals surface area contributed by atoms with E-state index in [2.05, 4.69) is 46.2 Å². The molecule has 0 saturated carbocycles. The number of hydrogen-bond acceptors (Lipinski definition) is 6. The molecular weight excluding hydrogens is 294 g/mol. The van der Waals surface area contributed by atoms with Crippen LogP contribution >= 0.6 is 22.9 Å². The second kappa shape index (κ2) is 6.37. The Labute approximate surface area is 128 Å². The summed E-state index contributed by atoms with van der Waals surface area (Å²) in [5.74, 6) is 1.06. The highest BCUT2D eigenvalue weighted by Crippen LogP contribution is 2.18. The first kappa shape index (κ1) is 15.0. The molecule has 7 heteroatoms. The van der Waals surface area contributed by atoms with E-state index in [1.807, 2.05) is 25.4 Å². The van der Waals surface area contributed by atoms with Crippen molar-refractivity contribution in [3.8, 4) is 0 Å². The van der Waals surface area contributed by atoms with Gasteiger partial charge in [-0.05, 0) is 37.6 Å². The van der Waals surface area contributed by atoms with Crippen LogP contribution in [-0.2, 0) is 6.42 Å². The van der Waals surface area contributed by atoms with Crippen LogP contribution < -0.4 is 10.2 Å². The molecule has 1 atom stereocenters. The second-order valence-corrected chi connectivity index (χ2v) is 6.59. The Balaban J connectivity index is 2.05. The van der Waals surface area contributed by atoms with Gasteiger partial charge in [-0.2, -0.15) is 15.0 Å². The van der Waals surface area contributed by atoms with Gasteiger partial charge in [0.2, 0.25) is 17.2 Å². The fraction of sp³-hybridized carbons (Fsp3) is 0.462. The molecule has 0 aromatic carbocycles. The molecule has 0 radical (unpaired) electrons. The van der Waals surface area contributed by atoms with Gasteiger partial charge in [-0.15, -0.1) is 11.3 Å². The van der Waals surface area contributed by atoms with E-state index in [-0.39, 0.29) is 11.3 Å². The maximum atomic E-state index is 5.91. The summed E-state index contributed by atoms with van der Waals surface area (Å²) >= 11 is 7.72. The number of hydrogen-bond donors (Lipinski definition) is 1. The standard InChI is InChI=1S/C13H18ClN5S/c1-8(7-10-6-5-9(2)20-10)15-12-16-11(14)17-13(18-12)19(3)4/h5-6,8H,7H2,1-4H3,(H,15,16,17,18). The van der Waals surface area contributed by atoms with Gasteiger partial charge in [0.25, 0.3) is 0 Å². The average molecular weight is 312 g/mol. The zero-order valence-corrected chi connectivity index (χ0v) is 13.6. The van der Waals surface area contributed by atoms with Crippen molar-refractivity contribution >= 4 is 34.8 Å². The fourth-order valence-electron chi connectivity index (χ4n) is 1.77. The molecule has 0 fully saturated rings. The number of aromatic nitrogens is 3. The zero-order valence-electron chi connectivity index (χ0n) is 12.0. The van der Waals surface area contributed by atoms with Crippen molar-refractivity contribution in [2.24, 2.45) is 0 Å². The van der Waals surface area contributed by atoms with Crippen molar-refractivity contribution < 1.29 is 0 Å². The highest BCUT2D eigenvalue weighted by molar-refractivity contribution is 7.11. The summed E-state index contributed by atoms with van der Waals surface area (Å²) in [7, 11) is 3.74. The summed E-state index contributed by atoms with van der Waals surface area (Å²) in [6.07, 6.45) is 0.930. The van der Waals surface area contributed by atoms with Crippen molar-refractivity contribution in [1.82, 2.24) is 15.0 Å². The highest BCUT2D eigenvalue weighted by Gasteiger charge is 2.10. The summed E-state index contributed by atoms with van der Waals surface area (Å²) in [4.78, 5) is 17.0. The minimum absolute atomic E-state index is 0.199. The Bertz CT molecular complexity index is 584. The van der Waals surface area contributed by atoms with Crippen molar-refractivity contribution in [1.29, 1.82) is 0 Å². The van der Waals surface area contributed by atoms with E-state index in [1.54, 1.807) is 4.90 Å². The first-order valence-electron chi connectivity index (χ1n) is 6.35. The lowest BCUT2D eigenvalue weighted by Gasteiger charge is -2.15. The van der Waals surface area contributed by atoms with E-state index in [0.717, 1.165) is 6.42 Å². The van der Waals surface area contributed by atoms with Gasteiger partial charge >= 0.3 is 0 Å². The summed E-state index contributed by atoms with van der Waals surface area (Å²) in [5.41, 5.74) is 0. The Hall–Kier alpha value is -1.40. The zero-order chi connectivity index (χ0) is 14.7. The van der Waals surface area contributed by atoms with Gasteiger partial charge in [-0.25, -0.2) is 0 Å². The van der Waals surface area contributed by atoms with Crippen LogP contribution in [0, 0.1) is 6.92 Å². The molecule has 1 N–H and O–H groups in total. The predicted molar refractivity (Wildman–Crippen MR) is 85.0 cm³/mol. The van der Waals surface area contributed by atoms with Crippen LogP contribution in [0.1, 0.15) is 16.7 Å². The molecule has 0 amide bonds. The third-order valence-corrected chi connectivity index (χ3v) is 3.87. The van der Waals surface area contributed by atoms with Gasteiger partial charge < -0.3 is 10.2 Å². The summed E-state index contributed by atoms with van der Waals surface area (Å²) < 4.78 is 0. The molecule has 5 nitrogen and oxygen atoms in total. The van der Waals surface area contributed by atoms with Crippen molar-refractivity contribution in [3.63, 3.8) is 0 Å². The Kier molecular flexibility index (Phi) is 4.77. The molecule has 2 heterocycles. The molecule has 0 bridgehead atoms. The molecule has 0 saturated heterocycles. The monoisotopic (exact) mass is 311 g/mol. The highest BCUT2D eigenvalue weighted by atomic mass is 35.5. The molecule has 2 rings (SSSR count). The van der Waals surface area contributed by atoms with Gasteiger partial charge in [0.15, 0.2) is 0 Å². The van der Waals surface area contributed by atoms with Crippen LogP contribution in [0.25, 0.3) is 0 Å². The van der Waals surface area contributed by atoms with Crippen molar-refractivity contribution in [3.05, 3.63) is 27.2 Å². The molecule has 0 aliphatic heterocycles. The number of thiophene rings is 1. The third-order valence-electron chi connectivity index (χ3n) is 2.68. The number of rotatable bonds is 5. The van der Waals surface area contributed by atoms with E-state index < -0.39 is 0 Å². The number of anilines is 2.